The van der Waals surface area contributed by atoms with Crippen LogP contribution in [0.25, 0.3) is 0 Å². The second kappa shape index (κ2) is 7.97. The van der Waals surface area contributed by atoms with Crippen LogP contribution in [0, 0.1) is 11.6 Å². The molecular formula is C18H21F2NO3. The molecular weight excluding hydrogens is 316 g/mol. The summed E-state index contributed by atoms with van der Waals surface area (Å²) in [5.41, 5.74) is 7.04. The van der Waals surface area contributed by atoms with Gasteiger partial charge in [0, 0.05) is 12.0 Å². The second-order valence-electron chi connectivity index (χ2n) is 5.34. The lowest BCUT2D eigenvalue weighted by atomic mass is 9.91. The predicted octanol–water partition coefficient (Wildman–Crippen LogP) is 3.28. The van der Waals surface area contributed by atoms with Gasteiger partial charge in [0.15, 0.2) is 11.5 Å². The lowest BCUT2D eigenvalue weighted by Gasteiger charge is -2.19. The van der Waals surface area contributed by atoms with E-state index in [1.54, 1.807) is 12.1 Å². The second-order valence-corrected chi connectivity index (χ2v) is 5.34. The number of benzene rings is 2. The monoisotopic (exact) mass is 337 g/mol. The Morgan fingerprint density at radius 1 is 0.958 bits per heavy atom. The summed E-state index contributed by atoms with van der Waals surface area (Å²) >= 11 is 0. The molecule has 0 spiro atoms. The highest BCUT2D eigenvalue weighted by Gasteiger charge is 2.19. The van der Waals surface area contributed by atoms with Crippen LogP contribution < -0.4 is 19.9 Å². The van der Waals surface area contributed by atoms with E-state index in [1.807, 2.05) is 0 Å². The van der Waals surface area contributed by atoms with Gasteiger partial charge in [0.05, 0.1) is 21.3 Å². The Labute approximate surface area is 140 Å². The molecule has 2 aromatic carbocycles. The van der Waals surface area contributed by atoms with Crippen LogP contribution in [0.1, 0.15) is 17.0 Å². The third kappa shape index (κ3) is 3.76. The molecule has 6 heteroatoms. The van der Waals surface area contributed by atoms with E-state index in [2.05, 4.69) is 0 Å². The molecule has 130 valence electrons. The van der Waals surface area contributed by atoms with Crippen LogP contribution in [0.2, 0.25) is 0 Å². The van der Waals surface area contributed by atoms with Crippen LogP contribution >= 0.6 is 0 Å². The highest BCUT2D eigenvalue weighted by atomic mass is 19.1. The third-order valence-corrected chi connectivity index (χ3v) is 3.89. The van der Waals surface area contributed by atoms with Crippen molar-refractivity contribution >= 4 is 0 Å². The van der Waals surface area contributed by atoms with Gasteiger partial charge in [0.1, 0.15) is 11.6 Å². The van der Waals surface area contributed by atoms with Crippen LogP contribution in [0.15, 0.2) is 30.3 Å². The fourth-order valence-corrected chi connectivity index (χ4v) is 2.69. The number of hydrogen-bond acceptors (Lipinski definition) is 4. The molecule has 0 aliphatic rings. The maximum Gasteiger partial charge on any atom is 0.203 e. The minimum Gasteiger partial charge on any atom is -0.493 e. The van der Waals surface area contributed by atoms with E-state index in [0.29, 0.717) is 29.2 Å². The lowest BCUT2D eigenvalue weighted by Crippen LogP contribution is -2.16. The summed E-state index contributed by atoms with van der Waals surface area (Å²) in [5, 5.41) is 0. The number of halogens is 2. The summed E-state index contributed by atoms with van der Waals surface area (Å²) in [6.45, 7) is 0.221. The first-order valence-corrected chi connectivity index (χ1v) is 7.47. The van der Waals surface area contributed by atoms with Crippen molar-refractivity contribution < 1.29 is 23.0 Å². The van der Waals surface area contributed by atoms with Crippen molar-refractivity contribution in [3.8, 4) is 17.2 Å². The number of methoxy groups -OCH3 is 3. The maximum absolute atomic E-state index is 14.0. The lowest BCUT2D eigenvalue weighted by molar-refractivity contribution is 0.323. The standard InChI is InChI=1S/C18H21F2NO3/c1-22-16-7-11(8-17(23-2)18(16)24-3)6-12(10-21)14-5-4-13(19)9-15(14)20/h4-5,7-9,12H,6,10,21H2,1-3H3. The Hall–Kier alpha value is -2.34. The molecule has 0 saturated heterocycles. The molecule has 0 heterocycles. The zero-order valence-electron chi connectivity index (χ0n) is 13.9. The quantitative estimate of drug-likeness (QED) is 0.842. The number of hydrogen-bond donors (Lipinski definition) is 1. The van der Waals surface area contributed by atoms with Gasteiger partial charge in [-0.25, -0.2) is 8.78 Å². The Balaban J connectivity index is 2.37. The fraction of sp³-hybridized carbons (Fsp3) is 0.333. The van der Waals surface area contributed by atoms with Gasteiger partial charge in [-0.1, -0.05) is 6.07 Å². The van der Waals surface area contributed by atoms with E-state index in [4.69, 9.17) is 19.9 Å². The summed E-state index contributed by atoms with van der Waals surface area (Å²) in [6, 6.07) is 7.13. The van der Waals surface area contributed by atoms with E-state index in [9.17, 15) is 8.78 Å². The van der Waals surface area contributed by atoms with E-state index in [-0.39, 0.29) is 12.5 Å². The van der Waals surface area contributed by atoms with Gasteiger partial charge in [0.25, 0.3) is 0 Å². The molecule has 0 radical (unpaired) electrons. The third-order valence-electron chi connectivity index (χ3n) is 3.89. The molecule has 1 atom stereocenters. The Kier molecular flexibility index (Phi) is 5.98. The zero-order chi connectivity index (χ0) is 17.7. The van der Waals surface area contributed by atoms with E-state index in [0.717, 1.165) is 11.6 Å². The van der Waals surface area contributed by atoms with Crippen LogP contribution in [0.5, 0.6) is 17.2 Å². The van der Waals surface area contributed by atoms with Crippen molar-refractivity contribution in [2.24, 2.45) is 5.73 Å². The van der Waals surface area contributed by atoms with Gasteiger partial charge in [-0.2, -0.15) is 0 Å². The van der Waals surface area contributed by atoms with Gasteiger partial charge in [0.2, 0.25) is 5.75 Å². The molecule has 1 unspecified atom stereocenters. The van der Waals surface area contributed by atoms with Crippen LogP contribution in [-0.2, 0) is 6.42 Å². The molecule has 4 nitrogen and oxygen atoms in total. The average Bonchev–Trinajstić information content (AvgIpc) is 2.59. The predicted molar refractivity (Wildman–Crippen MR) is 88.0 cm³/mol. The first-order valence-electron chi connectivity index (χ1n) is 7.47. The first kappa shape index (κ1) is 18.0. The van der Waals surface area contributed by atoms with E-state index in [1.165, 1.54) is 33.5 Å². The molecule has 24 heavy (non-hydrogen) atoms. The zero-order valence-corrected chi connectivity index (χ0v) is 13.9. The van der Waals surface area contributed by atoms with Gasteiger partial charge >= 0.3 is 0 Å². The topological polar surface area (TPSA) is 53.7 Å². The van der Waals surface area contributed by atoms with E-state index >= 15 is 0 Å². The summed E-state index contributed by atoms with van der Waals surface area (Å²) in [5.74, 6) is 0.0107. The van der Waals surface area contributed by atoms with Crippen molar-refractivity contribution in [3.63, 3.8) is 0 Å². The van der Waals surface area contributed by atoms with E-state index < -0.39 is 11.6 Å². The van der Waals surface area contributed by atoms with Crippen molar-refractivity contribution in [2.75, 3.05) is 27.9 Å². The Bertz CT molecular complexity index is 682. The summed E-state index contributed by atoms with van der Waals surface area (Å²) in [7, 11) is 4.58. The number of nitrogens with two attached hydrogens (primary N) is 1. The smallest absolute Gasteiger partial charge is 0.203 e. The summed E-state index contributed by atoms with van der Waals surface area (Å²) in [4.78, 5) is 0. The molecule has 2 rings (SSSR count). The molecule has 0 amide bonds. The number of rotatable bonds is 7. The minimum absolute atomic E-state index is 0.221. The van der Waals surface area contributed by atoms with Crippen molar-refractivity contribution in [2.45, 2.75) is 12.3 Å². The maximum atomic E-state index is 14.0. The van der Waals surface area contributed by atoms with Crippen LogP contribution in [0.4, 0.5) is 8.78 Å². The summed E-state index contributed by atoms with van der Waals surface area (Å²) < 4.78 is 43.1. The molecule has 0 aromatic heterocycles. The Morgan fingerprint density at radius 3 is 2.04 bits per heavy atom. The molecule has 0 aliphatic carbocycles. The van der Waals surface area contributed by atoms with Crippen molar-refractivity contribution in [1.82, 2.24) is 0 Å². The van der Waals surface area contributed by atoms with Gasteiger partial charge in [-0.05, 0) is 42.3 Å². The van der Waals surface area contributed by atoms with Crippen molar-refractivity contribution in [1.29, 1.82) is 0 Å². The molecule has 0 bridgehead atoms. The van der Waals surface area contributed by atoms with Gasteiger partial charge < -0.3 is 19.9 Å². The highest BCUT2D eigenvalue weighted by Crippen LogP contribution is 2.39. The molecule has 2 N–H and O–H groups in total. The first-order chi connectivity index (χ1) is 11.5. The average molecular weight is 337 g/mol. The van der Waals surface area contributed by atoms with Gasteiger partial charge in [-0.3, -0.25) is 0 Å². The number of ether oxygens (including phenoxy) is 3. The highest BCUT2D eigenvalue weighted by molar-refractivity contribution is 5.54. The fourth-order valence-electron chi connectivity index (χ4n) is 2.69. The van der Waals surface area contributed by atoms with Crippen molar-refractivity contribution in [3.05, 3.63) is 53.1 Å². The molecule has 0 aliphatic heterocycles. The normalized spacial score (nSPS) is 11.9. The molecule has 0 fully saturated rings. The minimum atomic E-state index is -0.611. The Morgan fingerprint density at radius 2 is 1.58 bits per heavy atom. The van der Waals surface area contributed by atoms with Crippen LogP contribution in [0.3, 0.4) is 0 Å². The molecule has 0 saturated carbocycles. The van der Waals surface area contributed by atoms with Gasteiger partial charge in [-0.15, -0.1) is 0 Å². The SMILES string of the molecule is COc1cc(CC(CN)c2ccc(F)cc2F)cc(OC)c1OC. The largest absolute Gasteiger partial charge is 0.493 e. The van der Waals surface area contributed by atoms with Crippen LogP contribution in [-0.4, -0.2) is 27.9 Å². The summed E-state index contributed by atoms with van der Waals surface area (Å²) in [6.07, 6.45) is 0.454. The molecule has 2 aromatic rings.